The number of nitrogens with one attached hydrogen (secondary N) is 1. The number of hydrogen-bond donors (Lipinski definition) is 1. The lowest BCUT2D eigenvalue weighted by atomic mass is 10.1. The third-order valence-corrected chi connectivity index (χ3v) is 6.54. The third-order valence-electron chi connectivity index (χ3n) is 5.45. The highest BCUT2D eigenvalue weighted by atomic mass is 127. The number of aliphatic imine (C=N–C) groups is 1. The van der Waals surface area contributed by atoms with Crippen molar-refractivity contribution in [2.45, 2.75) is 68.3 Å². The summed E-state index contributed by atoms with van der Waals surface area (Å²) in [5, 5.41) is 3.92. The van der Waals surface area contributed by atoms with Gasteiger partial charge in [-0.05, 0) is 51.2 Å². The smallest absolute Gasteiger partial charge is 0.193 e. The van der Waals surface area contributed by atoms with Gasteiger partial charge in [0.15, 0.2) is 5.96 Å². The molecule has 2 aliphatic rings. The van der Waals surface area contributed by atoms with E-state index >= 15 is 0 Å². The zero-order chi connectivity index (χ0) is 20.3. The molecule has 2 saturated heterocycles. The first-order chi connectivity index (χ1) is 14.2. The molecule has 0 aliphatic carbocycles. The third kappa shape index (κ3) is 8.93. The lowest BCUT2D eigenvalue weighted by molar-refractivity contribution is -0.0721. The van der Waals surface area contributed by atoms with E-state index in [1.807, 2.05) is 11.8 Å². The molecule has 1 N–H and O–H groups in total. The second kappa shape index (κ2) is 14.5. The Morgan fingerprint density at radius 1 is 1.23 bits per heavy atom. The van der Waals surface area contributed by atoms with Crippen LogP contribution in [0.4, 0.5) is 0 Å². The second-order valence-electron chi connectivity index (χ2n) is 7.94. The molecule has 170 valence electrons. The second-order valence-corrected chi connectivity index (χ2v) is 9.46. The molecular weight excluding hydrogens is 509 g/mol. The Balaban J connectivity index is 0.00000320. The summed E-state index contributed by atoms with van der Waals surface area (Å²) in [5.74, 6) is 1.04. The summed E-state index contributed by atoms with van der Waals surface area (Å²) in [6, 6.07) is 10.6. The molecule has 5 nitrogen and oxygen atoms in total. The van der Waals surface area contributed by atoms with Crippen molar-refractivity contribution in [2.24, 2.45) is 4.99 Å². The number of nitrogens with zero attached hydrogens (tertiary/aromatic N) is 2. The summed E-state index contributed by atoms with van der Waals surface area (Å²) in [4.78, 5) is 8.62. The van der Waals surface area contributed by atoms with Crippen LogP contribution in [0, 0.1) is 0 Å². The molecule has 0 saturated carbocycles. The highest BCUT2D eigenvalue weighted by Crippen LogP contribution is 2.23. The average molecular weight is 548 g/mol. The molecule has 3 rings (SSSR count). The van der Waals surface area contributed by atoms with Gasteiger partial charge in [-0.1, -0.05) is 25.1 Å². The molecule has 2 aliphatic heterocycles. The maximum atomic E-state index is 6.16. The molecular formula is C23H38IN3O2S. The van der Waals surface area contributed by atoms with E-state index in [-0.39, 0.29) is 24.0 Å². The number of ether oxygens (including phenoxy) is 2. The van der Waals surface area contributed by atoms with E-state index in [2.05, 4.69) is 54.4 Å². The van der Waals surface area contributed by atoms with Gasteiger partial charge in [0.05, 0.1) is 25.4 Å². The lowest BCUT2D eigenvalue weighted by Gasteiger charge is -2.35. The van der Waals surface area contributed by atoms with Gasteiger partial charge in [0.25, 0.3) is 0 Å². The summed E-state index contributed by atoms with van der Waals surface area (Å²) in [6.07, 6.45) is 6.41. The number of hydrogen-bond acceptors (Lipinski definition) is 4. The fourth-order valence-electron chi connectivity index (χ4n) is 3.83. The molecule has 2 fully saturated rings. The lowest BCUT2D eigenvalue weighted by Crippen LogP contribution is -2.47. The van der Waals surface area contributed by atoms with Gasteiger partial charge in [0.1, 0.15) is 0 Å². The maximum absolute atomic E-state index is 6.16. The number of likely N-dealkylation sites (tertiary alicyclic amines) is 1. The van der Waals surface area contributed by atoms with Crippen LogP contribution < -0.4 is 5.32 Å². The van der Waals surface area contributed by atoms with Crippen molar-refractivity contribution < 1.29 is 9.47 Å². The zero-order valence-corrected chi connectivity index (χ0v) is 21.6. The summed E-state index contributed by atoms with van der Waals surface area (Å²) < 4.78 is 12.0. The molecule has 1 aromatic carbocycles. The van der Waals surface area contributed by atoms with Crippen LogP contribution in [-0.4, -0.2) is 67.7 Å². The molecule has 0 bridgehead atoms. The minimum Gasteiger partial charge on any atom is -0.376 e. The summed E-state index contributed by atoms with van der Waals surface area (Å²) in [6.45, 7) is 9.76. The standard InChI is InChI=1S/C23H37N3O2S.HI/c1-3-24-23(25-17-19(2)29-22-10-5-4-6-11-22)26-14-12-20(13-15-26)28-18-21-9-7-8-16-27-21;/h4-6,10-11,19-21H,3,7-9,12-18H2,1-2H3,(H,24,25);1H. The van der Waals surface area contributed by atoms with Gasteiger partial charge in [-0.2, -0.15) is 0 Å². The van der Waals surface area contributed by atoms with Crippen molar-refractivity contribution in [2.75, 3.05) is 39.4 Å². The molecule has 2 atom stereocenters. The van der Waals surface area contributed by atoms with Crippen LogP contribution in [0.2, 0.25) is 0 Å². The summed E-state index contributed by atoms with van der Waals surface area (Å²) in [7, 11) is 0. The molecule has 2 unspecified atom stereocenters. The van der Waals surface area contributed by atoms with Gasteiger partial charge >= 0.3 is 0 Å². The largest absolute Gasteiger partial charge is 0.376 e. The van der Waals surface area contributed by atoms with Gasteiger partial charge < -0.3 is 19.7 Å². The summed E-state index contributed by atoms with van der Waals surface area (Å²) >= 11 is 1.89. The van der Waals surface area contributed by atoms with Crippen molar-refractivity contribution in [3.8, 4) is 0 Å². The first kappa shape index (κ1) is 25.7. The molecule has 2 heterocycles. The topological polar surface area (TPSA) is 46.1 Å². The summed E-state index contributed by atoms with van der Waals surface area (Å²) in [5.41, 5.74) is 0. The number of guanidine groups is 1. The number of halogens is 1. The van der Waals surface area contributed by atoms with E-state index in [1.54, 1.807) is 0 Å². The molecule has 0 aromatic heterocycles. The van der Waals surface area contributed by atoms with E-state index < -0.39 is 0 Å². The van der Waals surface area contributed by atoms with Crippen LogP contribution in [0.3, 0.4) is 0 Å². The maximum Gasteiger partial charge on any atom is 0.193 e. The minimum absolute atomic E-state index is 0. The predicted octanol–water partition coefficient (Wildman–Crippen LogP) is 4.80. The minimum atomic E-state index is 0. The number of benzene rings is 1. The normalized spacial score (nSPS) is 21.7. The Bertz CT molecular complexity index is 606. The number of thioether (sulfide) groups is 1. The zero-order valence-electron chi connectivity index (χ0n) is 18.4. The highest BCUT2D eigenvalue weighted by molar-refractivity contribution is 14.0. The fraction of sp³-hybridized carbons (Fsp3) is 0.696. The predicted molar refractivity (Wildman–Crippen MR) is 137 cm³/mol. The van der Waals surface area contributed by atoms with E-state index in [0.29, 0.717) is 17.5 Å². The fourth-order valence-corrected chi connectivity index (χ4v) is 4.75. The van der Waals surface area contributed by atoms with E-state index in [1.165, 1.54) is 17.7 Å². The van der Waals surface area contributed by atoms with Crippen molar-refractivity contribution in [3.05, 3.63) is 30.3 Å². The van der Waals surface area contributed by atoms with Crippen molar-refractivity contribution >= 4 is 41.7 Å². The molecule has 0 amide bonds. The molecule has 30 heavy (non-hydrogen) atoms. The quantitative estimate of drug-likeness (QED) is 0.219. The van der Waals surface area contributed by atoms with Gasteiger partial charge in [-0.3, -0.25) is 4.99 Å². The monoisotopic (exact) mass is 547 g/mol. The van der Waals surface area contributed by atoms with Crippen molar-refractivity contribution in [1.29, 1.82) is 0 Å². The highest BCUT2D eigenvalue weighted by Gasteiger charge is 2.24. The van der Waals surface area contributed by atoms with Crippen LogP contribution in [0.25, 0.3) is 0 Å². The first-order valence-corrected chi connectivity index (χ1v) is 12.1. The van der Waals surface area contributed by atoms with E-state index in [0.717, 1.165) is 64.6 Å². The van der Waals surface area contributed by atoms with Crippen LogP contribution in [0.5, 0.6) is 0 Å². The van der Waals surface area contributed by atoms with Crippen molar-refractivity contribution in [3.63, 3.8) is 0 Å². The van der Waals surface area contributed by atoms with Crippen LogP contribution in [0.15, 0.2) is 40.2 Å². The van der Waals surface area contributed by atoms with E-state index in [9.17, 15) is 0 Å². The van der Waals surface area contributed by atoms with Crippen LogP contribution >= 0.6 is 35.7 Å². The molecule has 0 radical (unpaired) electrons. The van der Waals surface area contributed by atoms with E-state index in [4.69, 9.17) is 14.5 Å². The Kier molecular flexibility index (Phi) is 12.5. The van der Waals surface area contributed by atoms with Gasteiger partial charge in [-0.15, -0.1) is 35.7 Å². The Hall–Kier alpha value is -0.510. The number of piperidine rings is 1. The first-order valence-electron chi connectivity index (χ1n) is 11.2. The Morgan fingerprint density at radius 3 is 2.67 bits per heavy atom. The average Bonchev–Trinajstić information content (AvgIpc) is 2.77. The molecule has 7 heteroatoms. The van der Waals surface area contributed by atoms with Gasteiger partial charge in [0.2, 0.25) is 0 Å². The van der Waals surface area contributed by atoms with Gasteiger partial charge in [0, 0.05) is 36.4 Å². The van der Waals surface area contributed by atoms with Crippen molar-refractivity contribution in [1.82, 2.24) is 10.2 Å². The Morgan fingerprint density at radius 2 is 2.00 bits per heavy atom. The van der Waals surface area contributed by atoms with Crippen LogP contribution in [0.1, 0.15) is 46.0 Å². The van der Waals surface area contributed by atoms with Gasteiger partial charge in [-0.25, -0.2) is 0 Å². The SMILES string of the molecule is CCNC(=NCC(C)Sc1ccccc1)N1CCC(OCC2CCCCO2)CC1.I. The molecule has 1 aromatic rings. The molecule has 0 spiro atoms. The van der Waals surface area contributed by atoms with Crippen LogP contribution in [-0.2, 0) is 9.47 Å². The Labute approximate surface area is 203 Å². The number of rotatable bonds is 8.